The van der Waals surface area contributed by atoms with Crippen LogP contribution in [0.4, 0.5) is 16.2 Å². The molecule has 3 amide bonds. The van der Waals surface area contributed by atoms with Gasteiger partial charge in [0.2, 0.25) is 5.91 Å². The number of hydrogen-bond donors (Lipinski definition) is 2. The normalized spacial score (nSPS) is 14.4. The molecule has 1 atom stereocenters. The van der Waals surface area contributed by atoms with Crippen molar-refractivity contribution in [3.05, 3.63) is 101 Å². The first-order valence-electron chi connectivity index (χ1n) is 12.3. The molecule has 1 unspecified atom stereocenters. The van der Waals surface area contributed by atoms with Crippen molar-refractivity contribution in [3.8, 4) is 5.69 Å². The van der Waals surface area contributed by atoms with Crippen molar-refractivity contribution < 1.29 is 19.1 Å². The van der Waals surface area contributed by atoms with Crippen LogP contribution in [0.15, 0.2) is 79.1 Å². The van der Waals surface area contributed by atoms with E-state index < -0.39 is 12.1 Å². The molecule has 0 radical (unpaired) electrons. The number of amides is 3. The molecule has 2 N–H and O–H groups in total. The summed E-state index contributed by atoms with van der Waals surface area (Å²) in [6.07, 6.45) is 4.46. The van der Waals surface area contributed by atoms with E-state index in [2.05, 4.69) is 30.9 Å². The Morgan fingerprint density at radius 2 is 1.82 bits per heavy atom. The molecule has 4 aromatic rings. The van der Waals surface area contributed by atoms with E-state index >= 15 is 0 Å². The highest BCUT2D eigenvalue weighted by atomic mass is 35.5. The van der Waals surface area contributed by atoms with Crippen LogP contribution in [0.2, 0.25) is 5.02 Å². The van der Waals surface area contributed by atoms with Crippen molar-refractivity contribution in [2.45, 2.75) is 12.5 Å². The van der Waals surface area contributed by atoms with Gasteiger partial charge in [-0.15, -0.1) is 5.10 Å². The molecule has 11 nitrogen and oxygen atoms in total. The lowest BCUT2D eigenvalue weighted by molar-refractivity contribution is -0.135. The number of anilines is 2. The van der Waals surface area contributed by atoms with E-state index in [0.29, 0.717) is 40.6 Å². The summed E-state index contributed by atoms with van der Waals surface area (Å²) in [6, 6.07) is 18.5. The van der Waals surface area contributed by atoms with Gasteiger partial charge < -0.3 is 15.0 Å². The number of fused-ring (bicyclic) bond motifs is 1. The quantitative estimate of drug-likeness (QED) is 0.338. The molecular formula is C28H24ClN7O4. The fourth-order valence-corrected chi connectivity index (χ4v) is 4.72. The third-order valence-electron chi connectivity index (χ3n) is 6.37. The molecule has 0 spiro atoms. The maximum absolute atomic E-state index is 13.7. The maximum atomic E-state index is 13.7. The highest BCUT2D eigenvalue weighted by Gasteiger charge is 2.35. The second kappa shape index (κ2) is 11.8. The lowest BCUT2D eigenvalue weighted by atomic mass is 9.91. The topological polar surface area (TPSA) is 131 Å². The first-order chi connectivity index (χ1) is 19.4. The first-order valence-corrected chi connectivity index (χ1v) is 12.7. The van der Waals surface area contributed by atoms with Crippen LogP contribution in [-0.2, 0) is 20.7 Å². The number of benzene rings is 3. The predicted octanol–water partition coefficient (Wildman–Crippen LogP) is 4.27. The van der Waals surface area contributed by atoms with E-state index in [1.807, 2.05) is 24.3 Å². The minimum Gasteiger partial charge on any atom is -0.453 e. The second-order valence-corrected chi connectivity index (χ2v) is 9.30. The van der Waals surface area contributed by atoms with Gasteiger partial charge >= 0.3 is 6.09 Å². The molecule has 5 rings (SSSR count). The van der Waals surface area contributed by atoms with E-state index in [4.69, 9.17) is 11.6 Å². The number of ether oxygens (including phenoxy) is 1. The van der Waals surface area contributed by atoms with Crippen LogP contribution >= 0.6 is 11.6 Å². The fourth-order valence-electron chi connectivity index (χ4n) is 4.54. The monoisotopic (exact) mass is 557 g/mol. The summed E-state index contributed by atoms with van der Waals surface area (Å²) in [4.78, 5) is 40.4. The van der Waals surface area contributed by atoms with Gasteiger partial charge in [0.15, 0.2) is 0 Å². The standard InChI is InChI=1S/C28H24ClN7O4/c1-40-28(39)32-22-7-4-6-21(16-22)31-27(38)26-23-8-3-2-5-18(23)13-14-35(26)25(37)12-9-19-15-20(29)10-11-24(19)36-17-30-33-34-36/h2-12,15-17,26H,13-14H2,1H3,(H,31,38)(H,32,39). The number of nitrogens with one attached hydrogen (secondary N) is 2. The van der Waals surface area contributed by atoms with Crippen molar-refractivity contribution in [2.75, 3.05) is 24.3 Å². The van der Waals surface area contributed by atoms with E-state index in [1.165, 1.54) is 29.1 Å². The van der Waals surface area contributed by atoms with Gasteiger partial charge in [0.05, 0.1) is 12.8 Å². The van der Waals surface area contributed by atoms with Gasteiger partial charge in [0, 0.05) is 34.6 Å². The molecule has 12 heteroatoms. The predicted molar refractivity (Wildman–Crippen MR) is 149 cm³/mol. The SMILES string of the molecule is COC(=O)Nc1cccc(NC(=O)C2c3ccccc3CCN2C(=O)C=Cc2cc(Cl)ccc2-n2cnnn2)c1. The number of carbonyl (C=O) groups excluding carboxylic acids is 3. The molecule has 0 saturated carbocycles. The molecule has 1 aromatic heterocycles. The summed E-state index contributed by atoms with van der Waals surface area (Å²) in [7, 11) is 1.26. The summed E-state index contributed by atoms with van der Waals surface area (Å²) < 4.78 is 6.10. The minimum atomic E-state index is -0.877. The number of halogens is 1. The minimum absolute atomic E-state index is 0.345. The van der Waals surface area contributed by atoms with Gasteiger partial charge in [0.1, 0.15) is 12.4 Å². The Labute approximate surface area is 234 Å². The van der Waals surface area contributed by atoms with Gasteiger partial charge in [0.25, 0.3) is 5.91 Å². The lowest BCUT2D eigenvalue weighted by Crippen LogP contribution is -2.44. The summed E-state index contributed by atoms with van der Waals surface area (Å²) in [5.41, 5.74) is 3.90. The number of tetrazole rings is 1. The molecule has 40 heavy (non-hydrogen) atoms. The van der Waals surface area contributed by atoms with Crippen molar-refractivity contribution >= 4 is 47.0 Å². The highest BCUT2D eigenvalue weighted by Crippen LogP contribution is 2.32. The summed E-state index contributed by atoms with van der Waals surface area (Å²) >= 11 is 6.21. The Balaban J connectivity index is 1.42. The van der Waals surface area contributed by atoms with Crippen LogP contribution in [0.3, 0.4) is 0 Å². The Bertz CT molecular complexity index is 1590. The molecule has 0 aliphatic carbocycles. The molecule has 1 aliphatic heterocycles. The average Bonchev–Trinajstić information content (AvgIpc) is 3.50. The molecule has 0 saturated heterocycles. The van der Waals surface area contributed by atoms with Crippen LogP contribution in [0.5, 0.6) is 0 Å². The highest BCUT2D eigenvalue weighted by molar-refractivity contribution is 6.30. The first kappa shape index (κ1) is 26.6. The Hall–Kier alpha value is -5.03. The number of rotatable bonds is 6. The molecule has 0 bridgehead atoms. The maximum Gasteiger partial charge on any atom is 0.411 e. The van der Waals surface area contributed by atoms with E-state index in [0.717, 1.165) is 11.1 Å². The van der Waals surface area contributed by atoms with Gasteiger partial charge in [-0.1, -0.05) is 41.9 Å². The van der Waals surface area contributed by atoms with Crippen LogP contribution < -0.4 is 10.6 Å². The molecule has 2 heterocycles. The van der Waals surface area contributed by atoms with E-state index in [1.54, 1.807) is 48.5 Å². The van der Waals surface area contributed by atoms with Crippen LogP contribution in [0.1, 0.15) is 22.7 Å². The Morgan fingerprint density at radius 1 is 1.02 bits per heavy atom. The van der Waals surface area contributed by atoms with Crippen LogP contribution in [-0.4, -0.2) is 56.7 Å². The van der Waals surface area contributed by atoms with E-state index in [9.17, 15) is 14.4 Å². The zero-order chi connectivity index (χ0) is 28.1. The summed E-state index contributed by atoms with van der Waals surface area (Å²) in [6.45, 7) is 0.345. The zero-order valence-electron chi connectivity index (χ0n) is 21.3. The zero-order valence-corrected chi connectivity index (χ0v) is 22.1. The van der Waals surface area contributed by atoms with Crippen molar-refractivity contribution in [1.82, 2.24) is 25.1 Å². The van der Waals surface area contributed by atoms with Crippen molar-refractivity contribution in [1.29, 1.82) is 0 Å². The third-order valence-corrected chi connectivity index (χ3v) is 6.60. The number of nitrogens with zero attached hydrogens (tertiary/aromatic N) is 5. The second-order valence-electron chi connectivity index (χ2n) is 8.86. The fraction of sp³-hybridized carbons (Fsp3) is 0.143. The summed E-state index contributed by atoms with van der Waals surface area (Å²) in [5.74, 6) is -0.736. The van der Waals surface area contributed by atoms with E-state index in [-0.39, 0.29) is 11.8 Å². The van der Waals surface area contributed by atoms with Crippen molar-refractivity contribution in [3.63, 3.8) is 0 Å². The van der Waals surface area contributed by atoms with Gasteiger partial charge in [-0.3, -0.25) is 14.9 Å². The Morgan fingerprint density at radius 3 is 2.60 bits per heavy atom. The van der Waals surface area contributed by atoms with Gasteiger partial charge in [-0.2, -0.15) is 4.68 Å². The smallest absolute Gasteiger partial charge is 0.411 e. The van der Waals surface area contributed by atoms with Crippen LogP contribution in [0.25, 0.3) is 11.8 Å². The molecular weight excluding hydrogens is 534 g/mol. The molecule has 0 fully saturated rings. The molecule has 202 valence electrons. The average molecular weight is 558 g/mol. The molecule has 1 aliphatic rings. The summed E-state index contributed by atoms with van der Waals surface area (Å²) in [5, 5.41) is 17.2. The van der Waals surface area contributed by atoms with Crippen LogP contribution in [0, 0.1) is 0 Å². The number of carbonyl (C=O) groups is 3. The molecule has 3 aromatic carbocycles. The number of hydrogen-bond acceptors (Lipinski definition) is 7. The van der Waals surface area contributed by atoms with Gasteiger partial charge in [-0.25, -0.2) is 4.79 Å². The van der Waals surface area contributed by atoms with Crippen molar-refractivity contribution in [2.24, 2.45) is 0 Å². The number of methoxy groups -OCH3 is 1. The third kappa shape index (κ3) is 5.84. The Kier molecular flexibility index (Phi) is 7.83. The number of aromatic nitrogens is 4. The van der Waals surface area contributed by atoms with Gasteiger partial charge in [-0.05, 0) is 70.4 Å². The lowest BCUT2D eigenvalue weighted by Gasteiger charge is -2.35. The largest absolute Gasteiger partial charge is 0.453 e.